The van der Waals surface area contributed by atoms with Gasteiger partial charge in [0, 0.05) is 25.3 Å². The maximum atomic E-state index is 14.1. The quantitative estimate of drug-likeness (QED) is 0.843. The molecule has 0 saturated carbocycles. The number of aliphatic hydroxyl groups is 1. The molecule has 1 fully saturated rings. The predicted molar refractivity (Wildman–Crippen MR) is 113 cm³/mol. The van der Waals surface area contributed by atoms with E-state index in [1.165, 1.54) is 25.0 Å². The summed E-state index contributed by atoms with van der Waals surface area (Å²) in [6.07, 6.45) is 3.60. The highest BCUT2D eigenvalue weighted by Crippen LogP contribution is 2.32. The fourth-order valence-electron chi connectivity index (χ4n) is 4.62. The van der Waals surface area contributed by atoms with Crippen molar-refractivity contribution in [2.45, 2.75) is 38.7 Å². The lowest BCUT2D eigenvalue weighted by Crippen LogP contribution is -2.37. The Hall–Kier alpha value is -2.24. The molecule has 1 amide bonds. The Morgan fingerprint density at radius 1 is 1.21 bits per heavy atom. The number of piperidine rings is 1. The summed E-state index contributed by atoms with van der Waals surface area (Å²) in [5, 5.41) is 10.8. The molecule has 4 nitrogen and oxygen atoms in total. The lowest BCUT2D eigenvalue weighted by atomic mass is 9.95. The smallest absolute Gasteiger partial charge is 0.261 e. The van der Waals surface area contributed by atoms with Crippen molar-refractivity contribution in [3.05, 3.63) is 65.0 Å². The van der Waals surface area contributed by atoms with Gasteiger partial charge in [0.2, 0.25) is 0 Å². The number of halogens is 1. The van der Waals surface area contributed by atoms with Gasteiger partial charge >= 0.3 is 0 Å². The number of aryl methyl sites for hydroxylation is 1. The maximum absolute atomic E-state index is 14.1. The molecule has 0 aliphatic carbocycles. The fourth-order valence-corrected chi connectivity index (χ4v) is 4.62. The molecule has 2 aromatic carbocycles. The van der Waals surface area contributed by atoms with Crippen molar-refractivity contribution >= 4 is 11.6 Å². The topological polar surface area (TPSA) is 43.8 Å². The molecular weight excluding hydrogens is 367 g/mol. The molecule has 1 N–H and O–H groups in total. The zero-order valence-electron chi connectivity index (χ0n) is 17.0. The van der Waals surface area contributed by atoms with Crippen molar-refractivity contribution < 1.29 is 14.3 Å². The molecule has 2 atom stereocenters. The van der Waals surface area contributed by atoms with E-state index < -0.39 is 11.9 Å². The van der Waals surface area contributed by atoms with Crippen LogP contribution < -0.4 is 4.90 Å². The van der Waals surface area contributed by atoms with Crippen molar-refractivity contribution in [1.82, 2.24) is 4.90 Å². The van der Waals surface area contributed by atoms with E-state index in [1.807, 2.05) is 18.2 Å². The van der Waals surface area contributed by atoms with Crippen LogP contribution in [0.5, 0.6) is 0 Å². The van der Waals surface area contributed by atoms with Crippen LogP contribution in [-0.4, -0.2) is 42.1 Å². The number of nitrogens with zero attached hydrogens (tertiary/aromatic N) is 2. The van der Waals surface area contributed by atoms with Crippen LogP contribution in [0.25, 0.3) is 0 Å². The first kappa shape index (κ1) is 20.0. The molecule has 29 heavy (non-hydrogen) atoms. The number of aliphatic hydroxyl groups excluding tert-OH is 1. The van der Waals surface area contributed by atoms with Crippen LogP contribution in [0.15, 0.2) is 42.5 Å². The van der Waals surface area contributed by atoms with Gasteiger partial charge in [0.1, 0.15) is 5.82 Å². The van der Waals surface area contributed by atoms with E-state index >= 15 is 0 Å². The van der Waals surface area contributed by atoms with Crippen LogP contribution in [0.3, 0.4) is 0 Å². The number of hydrogen-bond acceptors (Lipinski definition) is 3. The van der Waals surface area contributed by atoms with Gasteiger partial charge in [0.05, 0.1) is 11.7 Å². The molecule has 1 saturated heterocycles. The van der Waals surface area contributed by atoms with Gasteiger partial charge in [0.25, 0.3) is 5.91 Å². The highest BCUT2D eigenvalue weighted by atomic mass is 19.1. The Kier molecular flexibility index (Phi) is 5.97. The minimum absolute atomic E-state index is 0.101. The number of carbonyl (C=O) groups excluding carboxylic acids is 1. The molecule has 4 rings (SSSR count). The number of likely N-dealkylation sites (tertiary alicyclic amines) is 1. The molecule has 154 valence electrons. The predicted octanol–water partition coefficient (Wildman–Crippen LogP) is 4.18. The molecule has 0 bridgehead atoms. The standard InChI is InChI=1S/C24H29FN2O2/c1-17-6-4-12-26(15-17)16-23(28)19-10-11-22-18(14-19)7-5-13-27(22)24(29)20-8-2-3-9-21(20)25/h2-3,8-11,14,17,23,28H,4-7,12-13,15-16H2,1H3. The van der Waals surface area contributed by atoms with Crippen LogP contribution in [0, 0.1) is 11.7 Å². The lowest BCUT2D eigenvalue weighted by Gasteiger charge is -2.33. The number of β-amino-alcohol motifs (C(OH)–C–C–N with tert-alkyl or cyclic N) is 1. The third-order valence-corrected chi connectivity index (χ3v) is 6.13. The lowest BCUT2D eigenvalue weighted by molar-refractivity contribution is 0.0875. The Labute approximate surface area is 171 Å². The molecule has 0 radical (unpaired) electrons. The average molecular weight is 397 g/mol. The second-order valence-electron chi connectivity index (χ2n) is 8.45. The zero-order chi connectivity index (χ0) is 20.4. The summed E-state index contributed by atoms with van der Waals surface area (Å²) in [7, 11) is 0. The second kappa shape index (κ2) is 8.64. The number of hydrogen-bond donors (Lipinski definition) is 1. The summed E-state index contributed by atoms with van der Waals surface area (Å²) < 4.78 is 14.1. The number of amides is 1. The van der Waals surface area contributed by atoms with Crippen LogP contribution in [0.2, 0.25) is 0 Å². The van der Waals surface area contributed by atoms with Gasteiger partial charge in [-0.3, -0.25) is 4.79 Å². The van der Waals surface area contributed by atoms with Gasteiger partial charge in [-0.1, -0.05) is 31.2 Å². The SMILES string of the molecule is CC1CCCN(CC(O)c2ccc3c(c2)CCCN3C(=O)c2ccccc2F)C1. The van der Waals surface area contributed by atoms with E-state index in [0.29, 0.717) is 19.0 Å². The molecular formula is C24H29FN2O2. The van der Waals surface area contributed by atoms with E-state index in [0.717, 1.165) is 42.7 Å². The summed E-state index contributed by atoms with van der Waals surface area (Å²) >= 11 is 0. The molecule has 2 aromatic rings. The monoisotopic (exact) mass is 396 g/mol. The number of benzene rings is 2. The number of fused-ring (bicyclic) bond motifs is 1. The minimum atomic E-state index is -0.539. The van der Waals surface area contributed by atoms with Crippen molar-refractivity contribution in [2.75, 3.05) is 31.1 Å². The van der Waals surface area contributed by atoms with Gasteiger partial charge in [0.15, 0.2) is 0 Å². The number of carbonyl (C=O) groups is 1. The molecule has 2 aliphatic rings. The Morgan fingerprint density at radius 3 is 2.83 bits per heavy atom. The number of anilines is 1. The van der Waals surface area contributed by atoms with E-state index in [9.17, 15) is 14.3 Å². The summed E-state index contributed by atoms with van der Waals surface area (Å²) in [4.78, 5) is 16.9. The van der Waals surface area contributed by atoms with E-state index in [2.05, 4.69) is 11.8 Å². The van der Waals surface area contributed by atoms with Crippen molar-refractivity contribution in [2.24, 2.45) is 5.92 Å². The first-order chi connectivity index (χ1) is 14.0. The summed E-state index contributed by atoms with van der Waals surface area (Å²) in [5.41, 5.74) is 2.86. The highest BCUT2D eigenvalue weighted by Gasteiger charge is 2.26. The largest absolute Gasteiger partial charge is 0.387 e. The summed E-state index contributed by atoms with van der Waals surface area (Å²) in [5.74, 6) is -0.121. The maximum Gasteiger partial charge on any atom is 0.261 e. The fraction of sp³-hybridized carbons (Fsp3) is 0.458. The van der Waals surface area contributed by atoms with Gasteiger partial charge in [-0.2, -0.15) is 0 Å². The van der Waals surface area contributed by atoms with Crippen molar-refractivity contribution in [3.8, 4) is 0 Å². The van der Waals surface area contributed by atoms with Crippen LogP contribution >= 0.6 is 0 Å². The third-order valence-electron chi connectivity index (χ3n) is 6.13. The average Bonchev–Trinajstić information content (AvgIpc) is 2.73. The van der Waals surface area contributed by atoms with Crippen LogP contribution in [0.1, 0.15) is 53.8 Å². The van der Waals surface area contributed by atoms with E-state index in [-0.39, 0.29) is 11.5 Å². The summed E-state index contributed by atoms with van der Waals surface area (Å²) in [6.45, 7) is 5.55. The third kappa shape index (κ3) is 4.36. The number of rotatable bonds is 4. The highest BCUT2D eigenvalue weighted by molar-refractivity contribution is 6.06. The minimum Gasteiger partial charge on any atom is -0.387 e. The van der Waals surface area contributed by atoms with Crippen LogP contribution in [-0.2, 0) is 6.42 Å². The summed E-state index contributed by atoms with van der Waals surface area (Å²) in [6, 6.07) is 12.0. The van der Waals surface area contributed by atoms with Gasteiger partial charge < -0.3 is 14.9 Å². The van der Waals surface area contributed by atoms with Crippen molar-refractivity contribution in [3.63, 3.8) is 0 Å². The molecule has 0 spiro atoms. The zero-order valence-corrected chi connectivity index (χ0v) is 17.0. The van der Waals surface area contributed by atoms with E-state index in [1.54, 1.807) is 17.0 Å². The first-order valence-corrected chi connectivity index (χ1v) is 10.6. The molecule has 2 aliphatic heterocycles. The second-order valence-corrected chi connectivity index (χ2v) is 8.45. The van der Waals surface area contributed by atoms with Crippen molar-refractivity contribution in [1.29, 1.82) is 0 Å². The molecule has 5 heteroatoms. The Balaban J connectivity index is 1.52. The van der Waals surface area contributed by atoms with Gasteiger partial charge in [-0.15, -0.1) is 0 Å². The van der Waals surface area contributed by atoms with Crippen LogP contribution in [0.4, 0.5) is 10.1 Å². The molecule has 0 aromatic heterocycles. The first-order valence-electron chi connectivity index (χ1n) is 10.6. The van der Waals surface area contributed by atoms with E-state index in [4.69, 9.17) is 0 Å². The molecule has 2 unspecified atom stereocenters. The molecule has 2 heterocycles. The van der Waals surface area contributed by atoms with Gasteiger partial charge in [-0.25, -0.2) is 4.39 Å². The Morgan fingerprint density at radius 2 is 2.03 bits per heavy atom. The van der Waals surface area contributed by atoms with Gasteiger partial charge in [-0.05, 0) is 67.5 Å². The normalized spacial score (nSPS) is 20.9. The Bertz CT molecular complexity index is 885.